The fourth-order valence-electron chi connectivity index (χ4n) is 3.16. The van der Waals surface area contributed by atoms with Crippen LogP contribution in [0.3, 0.4) is 0 Å². The maximum absolute atomic E-state index is 12.4. The van der Waals surface area contributed by atoms with Gasteiger partial charge in [0.2, 0.25) is 0 Å². The largest absolute Gasteiger partial charge is 0.399 e. The Balaban J connectivity index is 1.86. The van der Waals surface area contributed by atoms with Crippen molar-refractivity contribution in [1.29, 1.82) is 0 Å². The SMILES string of the molecule is Cc1cc(-c2cccc(N)c2)c(/C=C2\C(=O)Nc3ccc(N)cc32)[nH]1. The van der Waals surface area contributed by atoms with E-state index in [1.165, 1.54) is 0 Å². The van der Waals surface area contributed by atoms with Crippen molar-refractivity contribution < 1.29 is 4.79 Å². The number of anilines is 3. The molecule has 2 heterocycles. The second-order valence-electron chi connectivity index (χ2n) is 6.22. The van der Waals surface area contributed by atoms with E-state index >= 15 is 0 Å². The van der Waals surface area contributed by atoms with E-state index in [1.54, 1.807) is 6.07 Å². The molecule has 5 nitrogen and oxygen atoms in total. The van der Waals surface area contributed by atoms with Gasteiger partial charge in [-0.05, 0) is 55.0 Å². The lowest BCUT2D eigenvalue weighted by Crippen LogP contribution is -2.03. The topological polar surface area (TPSA) is 96.9 Å². The quantitative estimate of drug-likeness (QED) is 0.426. The minimum atomic E-state index is -0.133. The number of aromatic nitrogens is 1. The maximum atomic E-state index is 12.4. The monoisotopic (exact) mass is 330 g/mol. The van der Waals surface area contributed by atoms with Gasteiger partial charge in [-0.15, -0.1) is 0 Å². The average molecular weight is 330 g/mol. The molecule has 0 bridgehead atoms. The Labute approximate surface area is 145 Å². The molecular weight excluding hydrogens is 312 g/mol. The number of hydrogen-bond donors (Lipinski definition) is 4. The highest BCUT2D eigenvalue weighted by Gasteiger charge is 2.24. The lowest BCUT2D eigenvalue weighted by atomic mass is 10.0. The number of rotatable bonds is 2. The molecule has 1 amide bonds. The summed E-state index contributed by atoms with van der Waals surface area (Å²) < 4.78 is 0. The number of carbonyl (C=O) groups excluding carboxylic acids is 1. The number of hydrogen-bond acceptors (Lipinski definition) is 3. The summed E-state index contributed by atoms with van der Waals surface area (Å²) in [6.07, 6.45) is 1.87. The van der Waals surface area contributed by atoms with Crippen molar-refractivity contribution in [2.24, 2.45) is 0 Å². The van der Waals surface area contributed by atoms with E-state index in [4.69, 9.17) is 11.5 Å². The molecule has 0 aliphatic carbocycles. The van der Waals surface area contributed by atoms with Crippen molar-refractivity contribution in [3.63, 3.8) is 0 Å². The van der Waals surface area contributed by atoms with Crippen molar-refractivity contribution in [2.45, 2.75) is 6.92 Å². The van der Waals surface area contributed by atoms with Crippen molar-refractivity contribution in [3.8, 4) is 11.1 Å². The summed E-state index contributed by atoms with van der Waals surface area (Å²) >= 11 is 0. The molecule has 0 unspecified atom stereocenters. The average Bonchev–Trinajstić information content (AvgIpc) is 3.08. The van der Waals surface area contributed by atoms with Gasteiger partial charge in [0, 0.05) is 39.6 Å². The molecule has 0 saturated heterocycles. The Bertz CT molecular complexity index is 1030. The van der Waals surface area contributed by atoms with Crippen LogP contribution in [-0.2, 0) is 4.79 Å². The lowest BCUT2D eigenvalue weighted by Gasteiger charge is -2.04. The molecule has 0 spiro atoms. The van der Waals surface area contributed by atoms with Gasteiger partial charge < -0.3 is 21.8 Å². The van der Waals surface area contributed by atoms with Crippen LogP contribution in [0.5, 0.6) is 0 Å². The van der Waals surface area contributed by atoms with Crippen LogP contribution in [0.2, 0.25) is 0 Å². The third kappa shape index (κ3) is 2.65. The highest BCUT2D eigenvalue weighted by Crippen LogP contribution is 2.36. The summed E-state index contributed by atoms with van der Waals surface area (Å²) in [7, 11) is 0. The molecule has 0 atom stereocenters. The number of benzene rings is 2. The summed E-state index contributed by atoms with van der Waals surface area (Å²) in [5.74, 6) is -0.133. The fraction of sp³-hybridized carbons (Fsp3) is 0.0500. The molecule has 4 rings (SSSR count). The third-order valence-corrected chi connectivity index (χ3v) is 4.30. The van der Waals surface area contributed by atoms with Crippen LogP contribution >= 0.6 is 0 Å². The summed E-state index contributed by atoms with van der Waals surface area (Å²) in [5.41, 5.74) is 19.2. The molecule has 2 aromatic carbocycles. The van der Waals surface area contributed by atoms with E-state index in [9.17, 15) is 4.79 Å². The normalized spacial score (nSPS) is 14.6. The first kappa shape index (κ1) is 15.1. The fourth-order valence-corrected chi connectivity index (χ4v) is 3.16. The standard InChI is InChI=1S/C20H18N4O/c1-11-7-15(12-3-2-4-13(21)8-12)19(23-11)10-17-16-9-14(22)5-6-18(16)24-20(17)25/h2-10,23H,21-22H2,1H3,(H,24,25)/b17-10-. The van der Waals surface area contributed by atoms with Crippen molar-refractivity contribution in [2.75, 3.05) is 16.8 Å². The van der Waals surface area contributed by atoms with Crippen LogP contribution in [0.25, 0.3) is 22.8 Å². The van der Waals surface area contributed by atoms with Gasteiger partial charge in [0.15, 0.2) is 0 Å². The van der Waals surface area contributed by atoms with Crippen LogP contribution in [-0.4, -0.2) is 10.9 Å². The van der Waals surface area contributed by atoms with Crippen LogP contribution in [0.15, 0.2) is 48.5 Å². The first-order valence-electron chi connectivity index (χ1n) is 8.00. The van der Waals surface area contributed by atoms with Gasteiger partial charge in [-0.3, -0.25) is 4.79 Å². The number of aryl methyl sites for hydroxylation is 1. The van der Waals surface area contributed by atoms with E-state index in [0.717, 1.165) is 33.8 Å². The summed E-state index contributed by atoms with van der Waals surface area (Å²) in [6.45, 7) is 1.98. The number of nitrogens with one attached hydrogen (secondary N) is 2. The van der Waals surface area contributed by atoms with Gasteiger partial charge in [0.1, 0.15) is 0 Å². The first-order valence-corrected chi connectivity index (χ1v) is 8.00. The molecule has 124 valence electrons. The zero-order valence-corrected chi connectivity index (χ0v) is 13.8. The predicted octanol–water partition coefficient (Wildman–Crippen LogP) is 3.65. The lowest BCUT2D eigenvalue weighted by molar-refractivity contribution is -0.110. The Morgan fingerprint density at radius 2 is 1.76 bits per heavy atom. The summed E-state index contributed by atoms with van der Waals surface area (Å²) in [6, 6.07) is 15.2. The van der Waals surface area contributed by atoms with E-state index < -0.39 is 0 Å². The number of nitrogen functional groups attached to an aromatic ring is 2. The maximum Gasteiger partial charge on any atom is 0.256 e. The molecule has 1 aliphatic rings. The van der Waals surface area contributed by atoms with E-state index in [0.29, 0.717) is 16.9 Å². The molecule has 1 aliphatic heterocycles. The van der Waals surface area contributed by atoms with Gasteiger partial charge in [-0.25, -0.2) is 0 Å². The molecule has 0 fully saturated rings. The Hall–Kier alpha value is -3.47. The van der Waals surface area contributed by atoms with Crippen LogP contribution in [0.4, 0.5) is 17.1 Å². The minimum Gasteiger partial charge on any atom is -0.399 e. The molecule has 0 saturated carbocycles. The third-order valence-electron chi connectivity index (χ3n) is 4.30. The van der Waals surface area contributed by atoms with Crippen molar-refractivity contribution >= 4 is 34.6 Å². The number of fused-ring (bicyclic) bond motifs is 1. The van der Waals surface area contributed by atoms with Crippen LogP contribution in [0, 0.1) is 6.92 Å². The molecule has 1 aromatic heterocycles. The zero-order valence-electron chi connectivity index (χ0n) is 13.8. The van der Waals surface area contributed by atoms with E-state index in [2.05, 4.69) is 10.3 Å². The van der Waals surface area contributed by atoms with E-state index in [1.807, 2.05) is 55.5 Å². The Morgan fingerprint density at radius 1 is 0.960 bits per heavy atom. The second kappa shape index (κ2) is 5.56. The van der Waals surface area contributed by atoms with Crippen molar-refractivity contribution in [3.05, 3.63) is 65.5 Å². The van der Waals surface area contributed by atoms with Gasteiger partial charge in [-0.2, -0.15) is 0 Å². The predicted molar refractivity (Wildman–Crippen MR) is 103 cm³/mol. The van der Waals surface area contributed by atoms with Gasteiger partial charge >= 0.3 is 0 Å². The molecule has 6 N–H and O–H groups in total. The van der Waals surface area contributed by atoms with Crippen molar-refractivity contribution in [1.82, 2.24) is 4.98 Å². The van der Waals surface area contributed by atoms with Crippen LogP contribution in [0.1, 0.15) is 17.0 Å². The number of amides is 1. The second-order valence-corrected chi connectivity index (χ2v) is 6.22. The Kier molecular flexibility index (Phi) is 3.35. The van der Waals surface area contributed by atoms with Gasteiger partial charge in [0.25, 0.3) is 5.91 Å². The number of H-pyrrole nitrogens is 1. The molecule has 3 aromatic rings. The number of carbonyl (C=O) groups is 1. The highest BCUT2D eigenvalue weighted by atomic mass is 16.2. The number of nitrogens with two attached hydrogens (primary N) is 2. The van der Waals surface area contributed by atoms with Crippen LogP contribution < -0.4 is 16.8 Å². The Morgan fingerprint density at radius 3 is 2.56 bits per heavy atom. The molecule has 25 heavy (non-hydrogen) atoms. The zero-order chi connectivity index (χ0) is 17.6. The summed E-state index contributed by atoms with van der Waals surface area (Å²) in [4.78, 5) is 15.7. The van der Waals surface area contributed by atoms with Gasteiger partial charge in [-0.1, -0.05) is 12.1 Å². The van der Waals surface area contributed by atoms with E-state index in [-0.39, 0.29) is 5.91 Å². The first-order chi connectivity index (χ1) is 12.0. The number of aromatic amines is 1. The molecule has 0 radical (unpaired) electrons. The minimum absolute atomic E-state index is 0.133. The highest BCUT2D eigenvalue weighted by molar-refractivity contribution is 6.35. The smallest absolute Gasteiger partial charge is 0.256 e. The molecular formula is C20H18N4O. The van der Waals surface area contributed by atoms with Gasteiger partial charge in [0.05, 0.1) is 5.57 Å². The molecule has 5 heteroatoms. The summed E-state index contributed by atoms with van der Waals surface area (Å²) in [5, 5.41) is 2.87.